The van der Waals surface area contributed by atoms with Gasteiger partial charge in [0.05, 0.1) is 4.92 Å². The fraction of sp³-hybridized carbons (Fsp3) is 0.529. The van der Waals surface area contributed by atoms with Crippen molar-refractivity contribution < 1.29 is 13.3 Å². The number of para-hydroxylation sites is 1. The molecule has 1 aliphatic heterocycles. The van der Waals surface area contributed by atoms with E-state index in [-0.39, 0.29) is 16.5 Å². The number of hydrogen-bond acceptors (Lipinski definition) is 7. The molecule has 1 aromatic carbocycles. The fourth-order valence-corrected chi connectivity index (χ4v) is 4.52. The van der Waals surface area contributed by atoms with Gasteiger partial charge in [0.15, 0.2) is 15.7 Å². The standard InChI is InChI=1S/C17H21N5O4S/c1-27(25,26)14-6-2-5-13(15(14)22(23)24)21-9-3-4-12(10-21)17-18-16(19-20-17)11-7-8-11/h2,5-6,11-12H,3-4,7-10H2,1H3,(H,18,19,20). The Morgan fingerprint density at radius 2 is 2.04 bits per heavy atom. The molecule has 2 aliphatic rings. The van der Waals surface area contributed by atoms with Crippen LogP contribution in [0.3, 0.4) is 0 Å². The van der Waals surface area contributed by atoms with Crippen LogP contribution in [0.5, 0.6) is 0 Å². The molecule has 0 amide bonds. The van der Waals surface area contributed by atoms with Crippen molar-refractivity contribution in [3.63, 3.8) is 0 Å². The first-order chi connectivity index (χ1) is 12.8. The number of nitro benzene ring substituents is 1. The number of sulfone groups is 1. The average molecular weight is 391 g/mol. The number of aromatic amines is 1. The number of aromatic nitrogens is 3. The van der Waals surface area contributed by atoms with Crippen LogP contribution in [0.4, 0.5) is 11.4 Å². The van der Waals surface area contributed by atoms with E-state index in [9.17, 15) is 18.5 Å². The minimum atomic E-state index is -3.70. The van der Waals surface area contributed by atoms with E-state index >= 15 is 0 Å². The second-order valence-electron chi connectivity index (χ2n) is 7.29. The first kappa shape index (κ1) is 17.9. The quantitative estimate of drug-likeness (QED) is 0.613. The highest BCUT2D eigenvalue weighted by atomic mass is 32.2. The number of rotatable bonds is 5. The summed E-state index contributed by atoms with van der Waals surface area (Å²) >= 11 is 0. The third-order valence-corrected chi connectivity index (χ3v) is 6.30. The van der Waals surface area contributed by atoms with Crippen molar-refractivity contribution in [2.45, 2.75) is 42.4 Å². The fourth-order valence-electron chi connectivity index (χ4n) is 3.67. The van der Waals surface area contributed by atoms with Crippen LogP contribution in [-0.2, 0) is 9.84 Å². The van der Waals surface area contributed by atoms with Crippen molar-refractivity contribution in [3.05, 3.63) is 40.0 Å². The van der Waals surface area contributed by atoms with E-state index in [4.69, 9.17) is 0 Å². The van der Waals surface area contributed by atoms with Gasteiger partial charge in [-0.1, -0.05) is 6.07 Å². The Kier molecular flexibility index (Phi) is 4.37. The summed E-state index contributed by atoms with van der Waals surface area (Å²) in [5.74, 6) is 2.21. The normalized spacial score (nSPS) is 20.6. The maximum absolute atomic E-state index is 12.0. The predicted octanol–water partition coefficient (Wildman–Crippen LogP) is 2.38. The molecule has 1 saturated heterocycles. The zero-order valence-electron chi connectivity index (χ0n) is 15.0. The second kappa shape index (κ2) is 6.59. The van der Waals surface area contributed by atoms with Crippen LogP contribution in [0.25, 0.3) is 0 Å². The zero-order valence-corrected chi connectivity index (χ0v) is 15.8. The lowest BCUT2D eigenvalue weighted by atomic mass is 9.96. The summed E-state index contributed by atoms with van der Waals surface area (Å²) in [6, 6.07) is 4.46. The van der Waals surface area contributed by atoms with Crippen LogP contribution >= 0.6 is 0 Å². The number of nitro groups is 1. The SMILES string of the molecule is CS(=O)(=O)c1cccc(N2CCCC(c3n[nH]c(C4CC4)n3)C2)c1[N+](=O)[O-]. The summed E-state index contributed by atoms with van der Waals surface area (Å²) in [6.45, 7) is 1.15. The first-order valence-corrected chi connectivity index (χ1v) is 10.9. The van der Waals surface area contributed by atoms with Crippen LogP contribution in [0.1, 0.15) is 49.2 Å². The van der Waals surface area contributed by atoms with E-state index in [1.165, 1.54) is 6.07 Å². The van der Waals surface area contributed by atoms with Gasteiger partial charge in [-0.05, 0) is 37.8 Å². The molecule has 144 valence electrons. The molecule has 2 fully saturated rings. The van der Waals surface area contributed by atoms with Crippen LogP contribution < -0.4 is 4.90 Å². The lowest BCUT2D eigenvalue weighted by Crippen LogP contribution is -2.35. The first-order valence-electron chi connectivity index (χ1n) is 8.99. The van der Waals surface area contributed by atoms with Gasteiger partial charge in [-0.3, -0.25) is 15.2 Å². The van der Waals surface area contributed by atoms with E-state index in [0.717, 1.165) is 43.6 Å². The smallest absolute Gasteiger partial charge is 0.311 e. The zero-order chi connectivity index (χ0) is 19.2. The third kappa shape index (κ3) is 3.53. The molecular weight excluding hydrogens is 370 g/mol. The molecule has 2 heterocycles. The Hall–Kier alpha value is -2.49. The number of nitrogens with zero attached hydrogens (tertiary/aromatic N) is 4. The molecule has 1 atom stereocenters. The van der Waals surface area contributed by atoms with Gasteiger partial charge in [0.2, 0.25) is 0 Å². The minimum absolute atomic E-state index is 0.0593. The molecule has 0 bridgehead atoms. The van der Waals surface area contributed by atoms with Crippen molar-refractivity contribution >= 4 is 21.2 Å². The summed E-state index contributed by atoms with van der Waals surface area (Å²) in [7, 11) is -3.70. The highest BCUT2D eigenvalue weighted by Gasteiger charge is 2.33. The van der Waals surface area contributed by atoms with Gasteiger partial charge >= 0.3 is 5.69 Å². The molecular formula is C17H21N5O4S. The van der Waals surface area contributed by atoms with Gasteiger partial charge in [-0.25, -0.2) is 13.4 Å². The molecule has 10 heteroatoms. The van der Waals surface area contributed by atoms with E-state index in [0.29, 0.717) is 24.7 Å². The maximum atomic E-state index is 12.0. The number of benzene rings is 1. The van der Waals surface area contributed by atoms with Gasteiger partial charge in [-0.15, -0.1) is 0 Å². The Balaban J connectivity index is 1.65. The average Bonchev–Trinajstić information content (AvgIpc) is 3.37. The molecule has 1 aromatic heterocycles. The second-order valence-corrected chi connectivity index (χ2v) is 9.28. The van der Waals surface area contributed by atoms with E-state index in [1.807, 2.05) is 4.90 Å². The van der Waals surface area contributed by atoms with Crippen molar-refractivity contribution in [2.75, 3.05) is 24.2 Å². The Labute approximate surface area is 156 Å². The van der Waals surface area contributed by atoms with Crippen molar-refractivity contribution in [2.24, 2.45) is 0 Å². The monoisotopic (exact) mass is 391 g/mol. The Bertz CT molecular complexity index is 983. The summed E-state index contributed by atoms with van der Waals surface area (Å²) in [6.07, 6.45) is 4.99. The molecule has 2 aromatic rings. The minimum Gasteiger partial charge on any atom is -0.365 e. The van der Waals surface area contributed by atoms with Gasteiger partial charge in [-0.2, -0.15) is 5.10 Å². The third-order valence-electron chi connectivity index (χ3n) is 5.17. The van der Waals surface area contributed by atoms with Crippen LogP contribution in [0.15, 0.2) is 23.1 Å². The van der Waals surface area contributed by atoms with Gasteiger partial charge in [0.1, 0.15) is 16.4 Å². The Morgan fingerprint density at radius 3 is 2.70 bits per heavy atom. The van der Waals surface area contributed by atoms with Crippen LogP contribution in [-0.4, -0.2) is 47.9 Å². The molecule has 4 rings (SSSR count). The summed E-state index contributed by atoms with van der Waals surface area (Å²) in [5, 5.41) is 19.0. The van der Waals surface area contributed by atoms with Crippen LogP contribution in [0.2, 0.25) is 0 Å². The largest absolute Gasteiger partial charge is 0.365 e. The van der Waals surface area contributed by atoms with Crippen LogP contribution in [0, 0.1) is 10.1 Å². The van der Waals surface area contributed by atoms with Crippen molar-refractivity contribution in [1.29, 1.82) is 0 Å². The van der Waals surface area contributed by atoms with E-state index in [2.05, 4.69) is 15.2 Å². The molecule has 0 spiro atoms. The van der Waals surface area contributed by atoms with Crippen molar-refractivity contribution in [1.82, 2.24) is 15.2 Å². The van der Waals surface area contributed by atoms with Gasteiger partial charge in [0.25, 0.3) is 0 Å². The number of anilines is 1. The van der Waals surface area contributed by atoms with E-state index in [1.54, 1.807) is 12.1 Å². The Morgan fingerprint density at radius 1 is 1.26 bits per heavy atom. The predicted molar refractivity (Wildman–Crippen MR) is 98.8 cm³/mol. The molecule has 27 heavy (non-hydrogen) atoms. The summed E-state index contributed by atoms with van der Waals surface area (Å²) in [5.41, 5.74) is -0.0140. The number of nitrogens with one attached hydrogen (secondary N) is 1. The highest BCUT2D eigenvalue weighted by Crippen LogP contribution is 2.40. The summed E-state index contributed by atoms with van der Waals surface area (Å²) < 4.78 is 24.0. The molecule has 1 N–H and O–H groups in total. The lowest BCUT2D eigenvalue weighted by molar-refractivity contribution is -0.387. The van der Waals surface area contributed by atoms with Gasteiger partial charge in [0, 0.05) is 31.2 Å². The van der Waals surface area contributed by atoms with Gasteiger partial charge < -0.3 is 4.90 Å². The highest BCUT2D eigenvalue weighted by molar-refractivity contribution is 7.90. The number of hydrogen-bond donors (Lipinski definition) is 1. The molecule has 1 saturated carbocycles. The lowest BCUT2D eigenvalue weighted by Gasteiger charge is -2.33. The van der Waals surface area contributed by atoms with E-state index < -0.39 is 14.8 Å². The molecule has 0 radical (unpaired) electrons. The maximum Gasteiger partial charge on any atom is 0.311 e. The van der Waals surface area contributed by atoms with Crippen molar-refractivity contribution in [3.8, 4) is 0 Å². The summed E-state index contributed by atoms with van der Waals surface area (Å²) in [4.78, 5) is 17.3. The number of H-pyrrole nitrogens is 1. The molecule has 9 nitrogen and oxygen atoms in total. The topological polar surface area (TPSA) is 122 Å². The number of piperidine rings is 1. The molecule has 1 unspecified atom stereocenters. The molecule has 1 aliphatic carbocycles.